The lowest BCUT2D eigenvalue weighted by molar-refractivity contribution is 0.128. The van der Waals surface area contributed by atoms with E-state index in [1.807, 2.05) is 0 Å². The second kappa shape index (κ2) is 11.4. The van der Waals surface area contributed by atoms with Crippen molar-refractivity contribution < 1.29 is 4.74 Å². The van der Waals surface area contributed by atoms with Gasteiger partial charge in [0.15, 0.2) is 0 Å². The lowest BCUT2D eigenvalue weighted by Gasteiger charge is -2.10. The Kier molecular flexibility index (Phi) is 12.1. The minimum absolute atomic E-state index is 0.637. The summed E-state index contributed by atoms with van der Waals surface area (Å²) < 4.78 is 5.61. The van der Waals surface area contributed by atoms with Gasteiger partial charge in [-0.1, -0.05) is 58.5 Å². The van der Waals surface area contributed by atoms with Crippen LogP contribution in [0.4, 0.5) is 0 Å². The van der Waals surface area contributed by atoms with E-state index in [1.54, 1.807) is 0 Å². The van der Waals surface area contributed by atoms with Crippen LogP contribution >= 0.6 is 31.9 Å². The van der Waals surface area contributed by atoms with E-state index in [9.17, 15) is 0 Å². The molecule has 0 heterocycles. The molecule has 0 aliphatic heterocycles. The molecule has 2 atom stereocenters. The van der Waals surface area contributed by atoms with Crippen LogP contribution < -0.4 is 0 Å². The molecule has 0 N–H and O–H groups in total. The average molecular weight is 344 g/mol. The van der Waals surface area contributed by atoms with Crippen LogP contribution in [-0.4, -0.2) is 22.9 Å². The average Bonchev–Trinajstić information content (AvgIpc) is 2.18. The Morgan fingerprint density at radius 2 is 1.20 bits per heavy atom. The molecule has 0 aromatic carbocycles. The van der Waals surface area contributed by atoms with Crippen LogP contribution in [0.2, 0.25) is 0 Å². The van der Waals surface area contributed by atoms with E-state index in [-0.39, 0.29) is 0 Å². The van der Waals surface area contributed by atoms with E-state index in [2.05, 4.69) is 45.7 Å². The number of rotatable bonds is 10. The zero-order valence-corrected chi connectivity index (χ0v) is 13.1. The van der Waals surface area contributed by atoms with Crippen LogP contribution in [0.15, 0.2) is 0 Å². The topological polar surface area (TPSA) is 9.23 Å². The first kappa shape index (κ1) is 15.9. The van der Waals surface area contributed by atoms with Crippen molar-refractivity contribution in [3.63, 3.8) is 0 Å². The summed E-state index contributed by atoms with van der Waals surface area (Å²) in [5.41, 5.74) is 0. The van der Waals surface area contributed by atoms with Crippen molar-refractivity contribution >= 4 is 31.9 Å². The first-order valence-electron chi connectivity index (χ1n) is 6.06. The van der Waals surface area contributed by atoms with Crippen LogP contribution in [0, 0.1) is 0 Å². The van der Waals surface area contributed by atoms with E-state index in [0.29, 0.717) is 9.65 Å². The Balaban J connectivity index is 3.17. The fourth-order valence-corrected chi connectivity index (χ4v) is 2.73. The summed E-state index contributed by atoms with van der Waals surface area (Å²) in [6.07, 6.45) is 7.26. The lowest BCUT2D eigenvalue weighted by atomic mass is 10.2. The fraction of sp³-hybridized carbons (Fsp3) is 1.00. The highest BCUT2D eigenvalue weighted by Crippen LogP contribution is 2.14. The largest absolute Gasteiger partial charge is 0.381 e. The highest BCUT2D eigenvalue weighted by molar-refractivity contribution is 9.09. The van der Waals surface area contributed by atoms with Crippen molar-refractivity contribution in [2.75, 3.05) is 13.2 Å². The number of halogens is 2. The van der Waals surface area contributed by atoms with E-state index < -0.39 is 0 Å². The van der Waals surface area contributed by atoms with Gasteiger partial charge in [-0.2, -0.15) is 0 Å². The second-order valence-corrected chi connectivity index (χ2v) is 6.55. The molecule has 2 unspecified atom stereocenters. The Labute approximate surface area is 112 Å². The summed E-state index contributed by atoms with van der Waals surface area (Å²) >= 11 is 7.31. The SMILES string of the molecule is CCCC(Br)CCOCCC(Br)CCC. The zero-order chi connectivity index (χ0) is 11.5. The van der Waals surface area contributed by atoms with Gasteiger partial charge in [-0.05, 0) is 25.7 Å². The van der Waals surface area contributed by atoms with Gasteiger partial charge in [-0.3, -0.25) is 0 Å². The van der Waals surface area contributed by atoms with Crippen LogP contribution in [0.1, 0.15) is 52.4 Å². The van der Waals surface area contributed by atoms with Crippen molar-refractivity contribution in [3.05, 3.63) is 0 Å². The first-order chi connectivity index (χ1) is 7.20. The smallest absolute Gasteiger partial charge is 0.0476 e. The molecule has 0 aliphatic carbocycles. The predicted octanol–water partition coefficient (Wildman–Crippen LogP) is 4.91. The maximum absolute atomic E-state index is 5.61. The van der Waals surface area contributed by atoms with E-state index in [0.717, 1.165) is 26.1 Å². The Bertz CT molecular complexity index is 117. The highest BCUT2D eigenvalue weighted by atomic mass is 79.9. The summed E-state index contributed by atoms with van der Waals surface area (Å²) in [6.45, 7) is 6.22. The van der Waals surface area contributed by atoms with Gasteiger partial charge in [0, 0.05) is 22.9 Å². The van der Waals surface area contributed by atoms with Gasteiger partial charge in [0.05, 0.1) is 0 Å². The normalized spacial score (nSPS) is 15.2. The van der Waals surface area contributed by atoms with E-state index in [4.69, 9.17) is 4.74 Å². The molecule has 0 bridgehead atoms. The quantitative estimate of drug-likeness (QED) is 0.404. The Morgan fingerprint density at radius 3 is 1.53 bits per heavy atom. The minimum Gasteiger partial charge on any atom is -0.381 e. The Morgan fingerprint density at radius 1 is 0.800 bits per heavy atom. The summed E-state index contributed by atoms with van der Waals surface area (Å²) in [7, 11) is 0. The molecule has 0 amide bonds. The van der Waals surface area contributed by atoms with Crippen LogP contribution in [0.3, 0.4) is 0 Å². The van der Waals surface area contributed by atoms with Crippen LogP contribution in [0.5, 0.6) is 0 Å². The zero-order valence-electron chi connectivity index (χ0n) is 9.98. The third-order valence-electron chi connectivity index (χ3n) is 2.35. The van der Waals surface area contributed by atoms with Gasteiger partial charge in [0.25, 0.3) is 0 Å². The number of hydrogen-bond acceptors (Lipinski definition) is 1. The first-order valence-corrected chi connectivity index (χ1v) is 7.89. The molecular formula is C12H24Br2O. The maximum atomic E-state index is 5.61. The molecule has 0 rings (SSSR count). The van der Waals surface area contributed by atoms with Gasteiger partial charge in [-0.25, -0.2) is 0 Å². The number of ether oxygens (including phenoxy) is 1. The second-order valence-electron chi connectivity index (χ2n) is 3.96. The molecule has 0 fully saturated rings. The fourth-order valence-electron chi connectivity index (χ4n) is 1.44. The molecule has 3 heteroatoms. The van der Waals surface area contributed by atoms with Gasteiger partial charge in [-0.15, -0.1) is 0 Å². The van der Waals surface area contributed by atoms with Crippen molar-refractivity contribution in [2.45, 2.75) is 62.0 Å². The van der Waals surface area contributed by atoms with Gasteiger partial charge in [0.1, 0.15) is 0 Å². The molecule has 0 aliphatic rings. The predicted molar refractivity (Wildman–Crippen MR) is 75.3 cm³/mol. The summed E-state index contributed by atoms with van der Waals surface area (Å²) in [6, 6.07) is 0. The molecule has 0 aromatic heterocycles. The molecule has 0 spiro atoms. The van der Waals surface area contributed by atoms with E-state index >= 15 is 0 Å². The summed E-state index contributed by atoms with van der Waals surface area (Å²) in [5, 5.41) is 0. The van der Waals surface area contributed by atoms with Crippen molar-refractivity contribution in [2.24, 2.45) is 0 Å². The number of hydrogen-bond donors (Lipinski definition) is 0. The third kappa shape index (κ3) is 11.2. The monoisotopic (exact) mass is 342 g/mol. The molecule has 1 nitrogen and oxygen atoms in total. The molecule has 0 radical (unpaired) electrons. The van der Waals surface area contributed by atoms with E-state index in [1.165, 1.54) is 25.7 Å². The van der Waals surface area contributed by atoms with Gasteiger partial charge >= 0.3 is 0 Å². The molecule has 15 heavy (non-hydrogen) atoms. The molecule has 0 aromatic rings. The van der Waals surface area contributed by atoms with Crippen molar-refractivity contribution in [1.29, 1.82) is 0 Å². The van der Waals surface area contributed by atoms with Crippen LogP contribution in [0.25, 0.3) is 0 Å². The third-order valence-corrected chi connectivity index (χ3v) is 4.19. The molecular weight excluding hydrogens is 320 g/mol. The summed E-state index contributed by atoms with van der Waals surface area (Å²) in [4.78, 5) is 1.27. The molecule has 0 saturated carbocycles. The van der Waals surface area contributed by atoms with Gasteiger partial charge < -0.3 is 4.74 Å². The standard InChI is InChI=1S/C12H24Br2O/c1-3-5-11(13)7-9-15-10-8-12(14)6-4-2/h11-12H,3-10H2,1-2H3. The number of alkyl halides is 2. The van der Waals surface area contributed by atoms with Crippen LogP contribution in [-0.2, 0) is 4.74 Å². The lowest BCUT2D eigenvalue weighted by Crippen LogP contribution is -2.08. The van der Waals surface area contributed by atoms with Gasteiger partial charge in [0.2, 0.25) is 0 Å². The Hall–Kier alpha value is 0.920. The van der Waals surface area contributed by atoms with Crippen molar-refractivity contribution in [3.8, 4) is 0 Å². The molecule has 0 saturated heterocycles. The molecule has 92 valence electrons. The van der Waals surface area contributed by atoms with Crippen molar-refractivity contribution in [1.82, 2.24) is 0 Å². The summed E-state index contributed by atoms with van der Waals surface area (Å²) in [5.74, 6) is 0. The highest BCUT2D eigenvalue weighted by Gasteiger charge is 2.04. The minimum atomic E-state index is 0.637. The maximum Gasteiger partial charge on any atom is 0.0476 e.